The first-order valence-electron chi connectivity index (χ1n) is 4.91. The Labute approximate surface area is 90.8 Å². The fraction of sp³-hybridized carbons (Fsp3) is 0.800. The van der Waals surface area contributed by atoms with E-state index < -0.39 is 0 Å². The Morgan fingerprint density at radius 3 is 2.57 bits per heavy atom. The van der Waals surface area contributed by atoms with Gasteiger partial charge in [-0.2, -0.15) is 0 Å². The van der Waals surface area contributed by atoms with Crippen molar-refractivity contribution in [2.24, 2.45) is 0 Å². The number of rotatable bonds is 8. The summed E-state index contributed by atoms with van der Waals surface area (Å²) in [6.07, 6.45) is 3.63. The van der Waals surface area contributed by atoms with Crippen LogP contribution in [0.3, 0.4) is 0 Å². The van der Waals surface area contributed by atoms with Crippen molar-refractivity contribution >= 4 is 23.1 Å². The van der Waals surface area contributed by atoms with Gasteiger partial charge in [-0.05, 0) is 26.2 Å². The molecule has 0 amide bonds. The van der Waals surface area contributed by atoms with Crippen LogP contribution >= 0.6 is 12.2 Å². The van der Waals surface area contributed by atoms with Crippen molar-refractivity contribution in [3.63, 3.8) is 0 Å². The monoisotopic (exact) mass is 218 g/mol. The quantitative estimate of drug-likeness (QED) is 0.355. The van der Waals surface area contributed by atoms with Crippen molar-refractivity contribution < 1.29 is 14.3 Å². The van der Waals surface area contributed by atoms with Crippen LogP contribution < -0.4 is 0 Å². The molecule has 0 aliphatic carbocycles. The average molecular weight is 218 g/mol. The summed E-state index contributed by atoms with van der Waals surface area (Å²) in [5.74, 6) is -0.339. The number of thiocarbonyl (C=S) groups is 1. The van der Waals surface area contributed by atoms with Gasteiger partial charge in [0.15, 0.2) is 0 Å². The number of hydrogen-bond acceptors (Lipinski definition) is 4. The van der Waals surface area contributed by atoms with Crippen molar-refractivity contribution in [3.05, 3.63) is 0 Å². The SMILES string of the molecule is CCOC(=O)C(=S)CCCCCOC. The third-order valence-corrected chi connectivity index (χ3v) is 2.13. The molecule has 14 heavy (non-hydrogen) atoms. The molecule has 0 spiro atoms. The van der Waals surface area contributed by atoms with Crippen LogP contribution in [0.5, 0.6) is 0 Å². The van der Waals surface area contributed by atoms with Crippen molar-refractivity contribution in [2.75, 3.05) is 20.3 Å². The summed E-state index contributed by atoms with van der Waals surface area (Å²) in [7, 11) is 1.68. The molecule has 0 saturated carbocycles. The molecule has 0 saturated heterocycles. The normalized spacial score (nSPS) is 9.86. The van der Waals surface area contributed by atoms with E-state index in [1.54, 1.807) is 14.0 Å². The van der Waals surface area contributed by atoms with Gasteiger partial charge in [-0.25, -0.2) is 4.79 Å². The molecule has 0 bridgehead atoms. The molecule has 0 fully saturated rings. The second kappa shape index (κ2) is 9.09. The van der Waals surface area contributed by atoms with Gasteiger partial charge in [-0.3, -0.25) is 0 Å². The summed E-state index contributed by atoms with van der Waals surface area (Å²) < 4.78 is 9.69. The largest absolute Gasteiger partial charge is 0.462 e. The van der Waals surface area contributed by atoms with E-state index >= 15 is 0 Å². The summed E-state index contributed by atoms with van der Waals surface area (Å²) in [6.45, 7) is 2.94. The molecule has 0 atom stereocenters. The molecule has 0 aromatic carbocycles. The Morgan fingerprint density at radius 2 is 2.00 bits per heavy atom. The molecule has 0 aliphatic heterocycles. The van der Waals surface area contributed by atoms with Crippen LogP contribution in [0.25, 0.3) is 0 Å². The first-order chi connectivity index (χ1) is 6.72. The van der Waals surface area contributed by atoms with Gasteiger partial charge in [-0.1, -0.05) is 18.6 Å². The zero-order valence-corrected chi connectivity index (χ0v) is 9.69. The molecule has 0 unspecified atom stereocenters. The molecular formula is C10H18O3S. The van der Waals surface area contributed by atoms with Crippen LogP contribution in [-0.4, -0.2) is 31.2 Å². The van der Waals surface area contributed by atoms with Gasteiger partial charge in [0, 0.05) is 13.7 Å². The molecule has 0 aromatic rings. The second-order valence-electron chi connectivity index (χ2n) is 2.95. The van der Waals surface area contributed by atoms with Crippen LogP contribution in [0.1, 0.15) is 32.6 Å². The Morgan fingerprint density at radius 1 is 1.29 bits per heavy atom. The van der Waals surface area contributed by atoms with Gasteiger partial charge in [0.05, 0.1) is 6.61 Å². The second-order valence-corrected chi connectivity index (χ2v) is 3.44. The van der Waals surface area contributed by atoms with Gasteiger partial charge < -0.3 is 9.47 Å². The highest BCUT2D eigenvalue weighted by Gasteiger charge is 2.08. The molecule has 0 aliphatic rings. The standard InChI is InChI=1S/C10H18O3S/c1-3-13-10(11)9(14)7-5-4-6-8-12-2/h3-8H2,1-2H3. The Hall–Kier alpha value is -0.480. The molecule has 4 heteroatoms. The van der Waals surface area contributed by atoms with E-state index in [4.69, 9.17) is 21.7 Å². The van der Waals surface area contributed by atoms with E-state index in [1.807, 2.05) is 0 Å². The summed E-state index contributed by atoms with van der Waals surface area (Å²) in [5.41, 5.74) is 0. The van der Waals surface area contributed by atoms with Crippen molar-refractivity contribution in [3.8, 4) is 0 Å². The number of carbonyl (C=O) groups is 1. The minimum atomic E-state index is -0.339. The lowest BCUT2D eigenvalue weighted by Crippen LogP contribution is -2.15. The van der Waals surface area contributed by atoms with E-state index in [0.717, 1.165) is 25.9 Å². The Balaban J connectivity index is 3.39. The lowest BCUT2D eigenvalue weighted by atomic mass is 10.1. The highest BCUT2D eigenvalue weighted by molar-refractivity contribution is 7.82. The van der Waals surface area contributed by atoms with Crippen molar-refractivity contribution in [1.29, 1.82) is 0 Å². The summed E-state index contributed by atoms with van der Waals surface area (Å²) in [4.78, 5) is 11.5. The lowest BCUT2D eigenvalue weighted by molar-refractivity contribution is -0.134. The maximum absolute atomic E-state index is 11.1. The molecule has 0 radical (unpaired) electrons. The van der Waals surface area contributed by atoms with E-state index in [2.05, 4.69) is 0 Å². The fourth-order valence-electron chi connectivity index (χ4n) is 1.02. The third kappa shape index (κ3) is 6.97. The predicted octanol–water partition coefficient (Wildman–Crippen LogP) is 2.13. The van der Waals surface area contributed by atoms with Crippen LogP contribution in [0.2, 0.25) is 0 Å². The van der Waals surface area contributed by atoms with Crippen LogP contribution in [-0.2, 0) is 14.3 Å². The van der Waals surface area contributed by atoms with Crippen LogP contribution in [0.4, 0.5) is 0 Å². The summed E-state index contributed by atoms with van der Waals surface area (Å²) in [5, 5.41) is 0. The number of ether oxygens (including phenoxy) is 2. The highest BCUT2D eigenvalue weighted by atomic mass is 32.1. The Bertz CT molecular complexity index is 180. The minimum Gasteiger partial charge on any atom is -0.462 e. The predicted molar refractivity (Wildman–Crippen MR) is 59.6 cm³/mol. The molecule has 0 rings (SSSR count). The number of carbonyl (C=O) groups excluding carboxylic acids is 1. The molecule has 0 heterocycles. The van der Waals surface area contributed by atoms with Crippen LogP contribution in [0.15, 0.2) is 0 Å². The molecule has 3 nitrogen and oxygen atoms in total. The zero-order valence-electron chi connectivity index (χ0n) is 8.88. The average Bonchev–Trinajstić information content (AvgIpc) is 2.17. The first kappa shape index (κ1) is 13.5. The number of unbranched alkanes of at least 4 members (excludes halogenated alkanes) is 2. The van der Waals surface area contributed by atoms with Gasteiger partial charge in [0.25, 0.3) is 0 Å². The Kier molecular flexibility index (Phi) is 8.78. The van der Waals surface area contributed by atoms with Gasteiger partial charge in [0.1, 0.15) is 4.86 Å². The maximum Gasteiger partial charge on any atom is 0.344 e. The van der Waals surface area contributed by atoms with Gasteiger partial charge >= 0.3 is 5.97 Å². The number of methoxy groups -OCH3 is 1. The zero-order chi connectivity index (χ0) is 10.8. The van der Waals surface area contributed by atoms with Crippen LogP contribution in [0, 0.1) is 0 Å². The topological polar surface area (TPSA) is 35.5 Å². The van der Waals surface area contributed by atoms with E-state index in [1.165, 1.54) is 0 Å². The van der Waals surface area contributed by atoms with Crippen molar-refractivity contribution in [1.82, 2.24) is 0 Å². The summed E-state index contributed by atoms with van der Waals surface area (Å²) in [6, 6.07) is 0. The molecular weight excluding hydrogens is 200 g/mol. The molecule has 0 aromatic heterocycles. The first-order valence-corrected chi connectivity index (χ1v) is 5.32. The van der Waals surface area contributed by atoms with Crippen molar-refractivity contribution in [2.45, 2.75) is 32.6 Å². The van der Waals surface area contributed by atoms with E-state index in [0.29, 0.717) is 17.9 Å². The third-order valence-electron chi connectivity index (χ3n) is 1.76. The lowest BCUT2D eigenvalue weighted by Gasteiger charge is -2.03. The molecule has 82 valence electrons. The smallest absolute Gasteiger partial charge is 0.344 e. The number of hydrogen-bond donors (Lipinski definition) is 0. The van der Waals surface area contributed by atoms with E-state index in [-0.39, 0.29) is 5.97 Å². The minimum absolute atomic E-state index is 0.339. The van der Waals surface area contributed by atoms with E-state index in [9.17, 15) is 4.79 Å². The fourth-order valence-corrected chi connectivity index (χ4v) is 1.23. The maximum atomic E-state index is 11.1. The summed E-state index contributed by atoms with van der Waals surface area (Å²) >= 11 is 4.91. The van der Waals surface area contributed by atoms with Gasteiger partial charge in [-0.15, -0.1) is 0 Å². The van der Waals surface area contributed by atoms with Gasteiger partial charge in [0.2, 0.25) is 0 Å². The number of esters is 1. The molecule has 0 N–H and O–H groups in total. The highest BCUT2D eigenvalue weighted by Crippen LogP contribution is 2.03.